The predicted octanol–water partition coefficient (Wildman–Crippen LogP) is 0.0368. The molecule has 0 bridgehead atoms. The Bertz CT molecular complexity index is 624. The van der Waals surface area contributed by atoms with Gasteiger partial charge in [-0.3, -0.25) is 9.59 Å². The molecule has 1 unspecified atom stereocenters. The van der Waals surface area contributed by atoms with Crippen molar-refractivity contribution >= 4 is 34.2 Å². The second-order valence-corrected chi connectivity index (χ2v) is 9.51. The van der Waals surface area contributed by atoms with Crippen molar-refractivity contribution < 1.29 is 18.0 Å². The summed E-state index contributed by atoms with van der Waals surface area (Å²) >= 11 is 0. The topological polar surface area (TPSA) is 90.0 Å². The number of likely N-dealkylation sites (tertiary alicyclic amines) is 1. The lowest BCUT2D eigenvalue weighted by Gasteiger charge is -2.41. The molecule has 0 aromatic rings. The number of sulfonamides is 1. The minimum atomic E-state index is -3.22. The number of carbonyl (C=O) groups is 2. The standard InChI is InChI=1S/C17H30N4O4S.ClH/c22-16(6-4-12-26(24,25)20-9-1-2-10-20)19-8-3-5-15(14-19)21-11-7-18-13-17(21)23;/h15,18H,1-14H2;1H. The molecule has 3 saturated heterocycles. The minimum Gasteiger partial charge on any atom is -0.341 e. The van der Waals surface area contributed by atoms with E-state index in [4.69, 9.17) is 0 Å². The van der Waals surface area contributed by atoms with Gasteiger partial charge in [-0.1, -0.05) is 0 Å². The van der Waals surface area contributed by atoms with Crippen LogP contribution in [0.5, 0.6) is 0 Å². The van der Waals surface area contributed by atoms with Crippen LogP contribution in [0.3, 0.4) is 0 Å². The maximum Gasteiger partial charge on any atom is 0.236 e. The Morgan fingerprint density at radius 2 is 1.85 bits per heavy atom. The second-order valence-electron chi connectivity index (χ2n) is 7.43. The van der Waals surface area contributed by atoms with Gasteiger partial charge in [-0.25, -0.2) is 12.7 Å². The summed E-state index contributed by atoms with van der Waals surface area (Å²) < 4.78 is 26.0. The van der Waals surface area contributed by atoms with Gasteiger partial charge in [-0.2, -0.15) is 0 Å². The van der Waals surface area contributed by atoms with Crippen molar-refractivity contribution in [3.05, 3.63) is 0 Å². The molecule has 3 aliphatic heterocycles. The molecular weight excluding hydrogens is 392 g/mol. The van der Waals surface area contributed by atoms with Crippen LogP contribution in [0.25, 0.3) is 0 Å². The fraction of sp³-hybridized carbons (Fsp3) is 0.882. The van der Waals surface area contributed by atoms with Gasteiger partial charge in [-0.05, 0) is 32.1 Å². The van der Waals surface area contributed by atoms with Crippen molar-refractivity contribution in [3.63, 3.8) is 0 Å². The monoisotopic (exact) mass is 422 g/mol. The zero-order chi connectivity index (χ0) is 18.6. The van der Waals surface area contributed by atoms with Crippen molar-refractivity contribution in [2.24, 2.45) is 0 Å². The van der Waals surface area contributed by atoms with Gasteiger partial charge in [0.2, 0.25) is 21.8 Å². The molecule has 10 heteroatoms. The summed E-state index contributed by atoms with van der Waals surface area (Å²) in [7, 11) is -3.22. The summed E-state index contributed by atoms with van der Waals surface area (Å²) in [5.41, 5.74) is 0. The molecule has 156 valence electrons. The second kappa shape index (κ2) is 10.0. The number of halogens is 1. The van der Waals surface area contributed by atoms with E-state index in [1.807, 2.05) is 9.80 Å². The first-order valence-corrected chi connectivity index (χ1v) is 11.3. The van der Waals surface area contributed by atoms with E-state index in [1.54, 1.807) is 4.31 Å². The largest absolute Gasteiger partial charge is 0.341 e. The van der Waals surface area contributed by atoms with Gasteiger partial charge in [-0.15, -0.1) is 12.4 Å². The van der Waals surface area contributed by atoms with Crippen LogP contribution in [0, 0.1) is 0 Å². The highest BCUT2D eigenvalue weighted by atomic mass is 35.5. The molecule has 0 aromatic carbocycles. The first kappa shape index (κ1) is 22.4. The number of piperazine rings is 1. The fourth-order valence-corrected chi connectivity index (χ4v) is 5.68. The number of hydrogen-bond donors (Lipinski definition) is 1. The fourth-order valence-electron chi connectivity index (χ4n) is 4.10. The van der Waals surface area contributed by atoms with Crippen LogP contribution in [0.2, 0.25) is 0 Å². The van der Waals surface area contributed by atoms with Gasteiger partial charge in [0.15, 0.2) is 0 Å². The summed E-state index contributed by atoms with van der Waals surface area (Å²) in [4.78, 5) is 28.3. The molecule has 2 amide bonds. The van der Waals surface area contributed by atoms with Crippen LogP contribution in [0.15, 0.2) is 0 Å². The molecule has 0 aliphatic carbocycles. The summed E-state index contributed by atoms with van der Waals surface area (Å²) in [6.45, 7) is 4.37. The molecule has 1 atom stereocenters. The lowest BCUT2D eigenvalue weighted by atomic mass is 10.0. The maximum absolute atomic E-state index is 12.5. The molecule has 3 rings (SSSR count). The van der Waals surface area contributed by atoms with E-state index in [1.165, 1.54) is 0 Å². The SMILES string of the molecule is Cl.O=C(CCCS(=O)(=O)N1CCCC1)N1CCCC(N2CCNCC2=O)C1. The van der Waals surface area contributed by atoms with Crippen molar-refractivity contribution in [2.75, 3.05) is 51.6 Å². The van der Waals surface area contributed by atoms with Gasteiger partial charge in [0, 0.05) is 51.7 Å². The highest BCUT2D eigenvalue weighted by Crippen LogP contribution is 2.19. The molecule has 3 fully saturated rings. The predicted molar refractivity (Wildman–Crippen MR) is 105 cm³/mol. The van der Waals surface area contributed by atoms with Crippen LogP contribution in [-0.2, 0) is 19.6 Å². The number of hydrogen-bond acceptors (Lipinski definition) is 5. The number of piperidine rings is 1. The molecular formula is C17H31ClN4O4S. The Morgan fingerprint density at radius 1 is 1.11 bits per heavy atom. The summed E-state index contributed by atoms with van der Waals surface area (Å²) in [6, 6.07) is 0.0932. The summed E-state index contributed by atoms with van der Waals surface area (Å²) in [5.74, 6) is 0.160. The average Bonchev–Trinajstić information content (AvgIpc) is 3.18. The molecule has 3 heterocycles. The van der Waals surface area contributed by atoms with Crippen LogP contribution < -0.4 is 5.32 Å². The van der Waals surface area contributed by atoms with E-state index < -0.39 is 10.0 Å². The van der Waals surface area contributed by atoms with Gasteiger partial charge in [0.25, 0.3) is 0 Å². The Balaban J connectivity index is 0.00000261. The molecule has 1 N–H and O–H groups in total. The Morgan fingerprint density at radius 3 is 2.56 bits per heavy atom. The number of carbonyl (C=O) groups excluding carboxylic acids is 2. The first-order valence-electron chi connectivity index (χ1n) is 9.73. The Labute approximate surface area is 168 Å². The van der Waals surface area contributed by atoms with Crippen LogP contribution in [0.1, 0.15) is 38.5 Å². The van der Waals surface area contributed by atoms with Crippen molar-refractivity contribution in [3.8, 4) is 0 Å². The van der Waals surface area contributed by atoms with E-state index in [0.717, 1.165) is 32.2 Å². The Kier molecular flexibility index (Phi) is 8.33. The van der Waals surface area contributed by atoms with E-state index in [0.29, 0.717) is 45.7 Å². The minimum absolute atomic E-state index is 0. The molecule has 3 aliphatic rings. The highest BCUT2D eigenvalue weighted by molar-refractivity contribution is 7.89. The van der Waals surface area contributed by atoms with E-state index in [9.17, 15) is 18.0 Å². The quantitative estimate of drug-likeness (QED) is 0.652. The lowest BCUT2D eigenvalue weighted by Crippen LogP contribution is -2.57. The molecule has 0 saturated carbocycles. The van der Waals surface area contributed by atoms with Crippen LogP contribution in [0.4, 0.5) is 0 Å². The first-order chi connectivity index (χ1) is 12.5. The third-order valence-corrected chi connectivity index (χ3v) is 7.52. The molecule has 27 heavy (non-hydrogen) atoms. The van der Waals surface area contributed by atoms with Gasteiger partial charge < -0.3 is 15.1 Å². The van der Waals surface area contributed by atoms with Crippen molar-refractivity contribution in [1.29, 1.82) is 0 Å². The number of nitrogens with one attached hydrogen (secondary N) is 1. The third-order valence-electron chi connectivity index (χ3n) is 5.57. The smallest absolute Gasteiger partial charge is 0.236 e. The van der Waals surface area contributed by atoms with Crippen molar-refractivity contribution in [1.82, 2.24) is 19.4 Å². The number of amides is 2. The van der Waals surface area contributed by atoms with Crippen LogP contribution >= 0.6 is 12.4 Å². The molecule has 0 aromatic heterocycles. The third kappa shape index (κ3) is 5.79. The molecule has 0 radical (unpaired) electrons. The zero-order valence-electron chi connectivity index (χ0n) is 15.8. The normalized spacial score (nSPS) is 24.7. The van der Waals surface area contributed by atoms with Crippen molar-refractivity contribution in [2.45, 2.75) is 44.6 Å². The van der Waals surface area contributed by atoms with E-state index in [-0.39, 0.29) is 42.4 Å². The van der Waals surface area contributed by atoms with E-state index in [2.05, 4.69) is 5.32 Å². The highest BCUT2D eigenvalue weighted by Gasteiger charge is 2.32. The lowest BCUT2D eigenvalue weighted by molar-refractivity contribution is -0.140. The number of rotatable bonds is 6. The summed E-state index contributed by atoms with van der Waals surface area (Å²) in [6.07, 6.45) is 4.30. The zero-order valence-corrected chi connectivity index (χ0v) is 17.4. The van der Waals surface area contributed by atoms with Gasteiger partial charge in [0.1, 0.15) is 0 Å². The van der Waals surface area contributed by atoms with Crippen LogP contribution in [-0.4, -0.2) is 91.9 Å². The average molecular weight is 423 g/mol. The number of nitrogens with zero attached hydrogens (tertiary/aromatic N) is 3. The molecule has 8 nitrogen and oxygen atoms in total. The van der Waals surface area contributed by atoms with Gasteiger partial charge >= 0.3 is 0 Å². The summed E-state index contributed by atoms with van der Waals surface area (Å²) in [5, 5.41) is 3.07. The van der Waals surface area contributed by atoms with Gasteiger partial charge in [0.05, 0.1) is 12.3 Å². The molecule has 0 spiro atoms. The van der Waals surface area contributed by atoms with E-state index >= 15 is 0 Å². The Hall–Kier alpha value is -0.900. The maximum atomic E-state index is 12.5.